The number of hydrogen-bond acceptors (Lipinski definition) is 3. The highest BCUT2D eigenvalue weighted by molar-refractivity contribution is 9.10. The molecule has 0 atom stereocenters. The second kappa shape index (κ2) is 6.35. The van der Waals surface area contributed by atoms with E-state index in [1.807, 2.05) is 36.0 Å². The normalized spacial score (nSPS) is 17.0. The summed E-state index contributed by atoms with van der Waals surface area (Å²) in [5.74, 6) is -0.510. The fourth-order valence-electron chi connectivity index (χ4n) is 3.32. The Morgan fingerprint density at radius 1 is 1.35 bits per heavy atom. The molecule has 121 valence electrons. The summed E-state index contributed by atoms with van der Waals surface area (Å²) in [5.41, 5.74) is 9.85. The molecule has 0 unspecified atom stereocenters. The molecule has 23 heavy (non-hydrogen) atoms. The van der Waals surface area contributed by atoms with Crippen LogP contribution >= 0.6 is 15.9 Å². The molecule has 1 radical (unpaired) electrons. The predicted octanol–water partition coefficient (Wildman–Crippen LogP) is 3.77. The van der Waals surface area contributed by atoms with Crippen LogP contribution in [-0.4, -0.2) is 21.2 Å². The van der Waals surface area contributed by atoms with E-state index in [9.17, 15) is 4.79 Å². The number of carbonyl (C=O) groups excluding carboxylic acids is 1. The minimum Gasteiger partial charge on any atom is -0.371 e. The van der Waals surface area contributed by atoms with E-state index in [0.717, 1.165) is 53.5 Å². The minimum absolute atomic E-state index is 0.510. The summed E-state index contributed by atoms with van der Waals surface area (Å²) in [7, 11) is 1.90. The minimum atomic E-state index is -0.736. The lowest BCUT2D eigenvalue weighted by Gasteiger charge is -2.35. The van der Waals surface area contributed by atoms with Crippen LogP contribution in [0.1, 0.15) is 32.1 Å². The fraction of sp³-hybridized carbons (Fsp3) is 0.412. The van der Waals surface area contributed by atoms with E-state index >= 15 is 0 Å². The zero-order valence-electron chi connectivity index (χ0n) is 13.1. The van der Waals surface area contributed by atoms with E-state index in [0.29, 0.717) is 0 Å². The standard InChI is InChI=1S/C17H20BrN4O/c1-22-15(14(18)11-20-22)12-6-5-7-13(10-12)21-17(16(19)23)8-3-2-4-9-17/h5-7,10-11,19,21H,2-4,8-9H2,1H3. The molecule has 3 rings (SSSR count). The van der Waals surface area contributed by atoms with Gasteiger partial charge in [-0.25, -0.2) is 0 Å². The van der Waals surface area contributed by atoms with E-state index in [-0.39, 0.29) is 0 Å². The Balaban J connectivity index is 1.92. The molecule has 1 amide bonds. The average molecular weight is 376 g/mol. The third kappa shape index (κ3) is 3.13. The van der Waals surface area contributed by atoms with Crippen molar-refractivity contribution in [2.24, 2.45) is 7.05 Å². The van der Waals surface area contributed by atoms with Crippen LogP contribution in [0.3, 0.4) is 0 Å². The second-order valence-corrected chi connectivity index (χ2v) is 7.00. The highest BCUT2D eigenvalue weighted by Crippen LogP contribution is 2.34. The van der Waals surface area contributed by atoms with Gasteiger partial charge >= 0.3 is 0 Å². The lowest BCUT2D eigenvalue weighted by Crippen LogP contribution is -2.48. The topological polar surface area (TPSA) is 70.7 Å². The first-order chi connectivity index (χ1) is 11.0. The first kappa shape index (κ1) is 16.1. The molecule has 0 saturated heterocycles. The first-order valence-corrected chi connectivity index (χ1v) is 8.63. The van der Waals surface area contributed by atoms with Crippen molar-refractivity contribution in [1.29, 1.82) is 0 Å². The highest BCUT2D eigenvalue weighted by Gasteiger charge is 2.38. The van der Waals surface area contributed by atoms with Crippen LogP contribution in [0.15, 0.2) is 34.9 Å². The summed E-state index contributed by atoms with van der Waals surface area (Å²) in [4.78, 5) is 11.9. The van der Waals surface area contributed by atoms with Gasteiger partial charge in [0.15, 0.2) is 0 Å². The number of nitrogens with one attached hydrogen (secondary N) is 2. The number of rotatable bonds is 4. The number of benzene rings is 1. The summed E-state index contributed by atoms with van der Waals surface area (Å²) in [5, 5.41) is 7.60. The maximum absolute atomic E-state index is 11.9. The Labute approximate surface area is 144 Å². The van der Waals surface area contributed by atoms with Crippen LogP contribution < -0.4 is 11.1 Å². The Hall–Kier alpha value is -1.82. The van der Waals surface area contributed by atoms with E-state index in [4.69, 9.17) is 5.73 Å². The summed E-state index contributed by atoms with van der Waals surface area (Å²) < 4.78 is 2.75. The molecule has 1 aromatic heterocycles. The Kier molecular flexibility index (Phi) is 4.43. The molecule has 0 bridgehead atoms. The lowest BCUT2D eigenvalue weighted by molar-refractivity contribution is -0.123. The quantitative estimate of drug-likeness (QED) is 0.883. The highest BCUT2D eigenvalue weighted by atomic mass is 79.9. The molecular formula is C17H20BrN4O. The van der Waals surface area contributed by atoms with Gasteiger partial charge in [-0.05, 0) is 40.9 Å². The van der Waals surface area contributed by atoms with Gasteiger partial charge in [0.2, 0.25) is 0 Å². The van der Waals surface area contributed by atoms with Crippen LogP contribution in [0, 0.1) is 0 Å². The number of carbonyl (C=O) groups is 1. The molecule has 0 spiro atoms. The first-order valence-electron chi connectivity index (χ1n) is 7.84. The number of hydrogen-bond donors (Lipinski definition) is 1. The molecule has 1 heterocycles. The van der Waals surface area contributed by atoms with Gasteiger partial charge < -0.3 is 5.32 Å². The number of amides is 1. The third-order valence-corrected chi connectivity index (χ3v) is 5.14. The molecule has 1 aromatic carbocycles. The zero-order chi connectivity index (χ0) is 16.4. The van der Waals surface area contributed by atoms with Gasteiger partial charge in [-0.1, -0.05) is 31.4 Å². The van der Waals surface area contributed by atoms with Gasteiger partial charge in [-0.3, -0.25) is 15.2 Å². The molecular weight excluding hydrogens is 356 g/mol. The summed E-state index contributed by atoms with van der Waals surface area (Å²) in [6.45, 7) is 0. The molecule has 1 saturated carbocycles. The monoisotopic (exact) mass is 375 g/mol. The number of nitrogens with zero attached hydrogens (tertiary/aromatic N) is 2. The number of anilines is 1. The van der Waals surface area contributed by atoms with Gasteiger partial charge in [-0.2, -0.15) is 5.10 Å². The Bertz CT molecular complexity index is 700. The summed E-state index contributed by atoms with van der Waals surface area (Å²) >= 11 is 3.52. The van der Waals surface area contributed by atoms with Crippen LogP contribution in [0.2, 0.25) is 0 Å². The van der Waals surface area contributed by atoms with Gasteiger partial charge in [0, 0.05) is 18.3 Å². The predicted molar refractivity (Wildman–Crippen MR) is 93.9 cm³/mol. The smallest absolute Gasteiger partial charge is 0.264 e. The van der Waals surface area contributed by atoms with E-state index in [2.05, 4.69) is 26.3 Å². The molecule has 0 aliphatic heterocycles. The van der Waals surface area contributed by atoms with Gasteiger partial charge in [-0.15, -0.1) is 0 Å². The van der Waals surface area contributed by atoms with Crippen LogP contribution in [-0.2, 0) is 11.8 Å². The number of halogens is 1. The van der Waals surface area contributed by atoms with E-state index < -0.39 is 11.4 Å². The molecule has 6 heteroatoms. The average Bonchev–Trinajstić information content (AvgIpc) is 2.87. The fourth-order valence-corrected chi connectivity index (χ4v) is 3.90. The van der Waals surface area contributed by atoms with Crippen molar-refractivity contribution in [2.75, 3.05) is 5.32 Å². The van der Waals surface area contributed by atoms with Crippen molar-refractivity contribution >= 4 is 27.5 Å². The molecule has 2 aromatic rings. The van der Waals surface area contributed by atoms with E-state index in [1.54, 1.807) is 6.20 Å². The van der Waals surface area contributed by atoms with Crippen molar-refractivity contribution in [3.63, 3.8) is 0 Å². The molecule has 1 aliphatic carbocycles. The van der Waals surface area contributed by atoms with Crippen molar-refractivity contribution < 1.29 is 4.79 Å². The molecule has 1 fully saturated rings. The van der Waals surface area contributed by atoms with Gasteiger partial charge in [0.25, 0.3) is 5.91 Å². The number of aromatic nitrogens is 2. The molecule has 1 aliphatic rings. The second-order valence-electron chi connectivity index (χ2n) is 6.14. The largest absolute Gasteiger partial charge is 0.371 e. The van der Waals surface area contributed by atoms with Crippen LogP contribution in [0.4, 0.5) is 5.69 Å². The van der Waals surface area contributed by atoms with Crippen LogP contribution in [0.5, 0.6) is 0 Å². The lowest BCUT2D eigenvalue weighted by atomic mass is 9.81. The Morgan fingerprint density at radius 2 is 2.09 bits per heavy atom. The molecule has 5 nitrogen and oxygen atoms in total. The van der Waals surface area contributed by atoms with Crippen molar-refractivity contribution in [3.8, 4) is 11.3 Å². The van der Waals surface area contributed by atoms with Crippen LogP contribution in [0.25, 0.3) is 11.3 Å². The van der Waals surface area contributed by atoms with Gasteiger partial charge in [0.1, 0.15) is 5.54 Å². The van der Waals surface area contributed by atoms with Crippen molar-refractivity contribution in [3.05, 3.63) is 34.9 Å². The summed E-state index contributed by atoms with van der Waals surface area (Å²) in [6, 6.07) is 7.94. The van der Waals surface area contributed by atoms with Gasteiger partial charge in [0.05, 0.1) is 16.4 Å². The molecule has 2 N–H and O–H groups in total. The maximum atomic E-state index is 11.9. The van der Waals surface area contributed by atoms with Crippen molar-refractivity contribution in [2.45, 2.75) is 37.6 Å². The maximum Gasteiger partial charge on any atom is 0.264 e. The SMILES string of the molecule is Cn1ncc(Br)c1-c1cccc(NC2(C([NH])=O)CCCCC2)c1. The van der Waals surface area contributed by atoms with Crippen molar-refractivity contribution in [1.82, 2.24) is 15.5 Å². The summed E-state index contributed by atoms with van der Waals surface area (Å²) in [6.07, 6.45) is 6.35. The number of aryl methyl sites for hydroxylation is 1. The third-order valence-electron chi connectivity index (χ3n) is 4.56. The zero-order valence-corrected chi connectivity index (χ0v) is 14.7. The van der Waals surface area contributed by atoms with E-state index in [1.165, 1.54) is 0 Å². The Morgan fingerprint density at radius 3 is 2.70 bits per heavy atom.